The Balaban J connectivity index is 0.00000122. The number of fused-ring (bicyclic) bond motifs is 3. The molecule has 0 amide bonds. The summed E-state index contributed by atoms with van der Waals surface area (Å²) in [6.45, 7) is 0. The van der Waals surface area contributed by atoms with Crippen molar-refractivity contribution in [3.63, 3.8) is 0 Å². The fraction of sp³-hybridized carbons (Fsp3) is 0. The molecule has 1 aliphatic heterocycles. The van der Waals surface area contributed by atoms with Crippen molar-refractivity contribution in [2.45, 2.75) is 0 Å². The smallest absolute Gasteiger partial charge is 1.00 e. The number of pyridine rings is 2. The minimum Gasteiger partial charge on any atom is -1.00 e. The van der Waals surface area contributed by atoms with E-state index in [0.29, 0.717) is 0 Å². The molecule has 158 valence electrons. The van der Waals surface area contributed by atoms with Crippen LogP contribution in [0, 0.1) is 0 Å². The first kappa shape index (κ1) is 22.0. The summed E-state index contributed by atoms with van der Waals surface area (Å²) < 4.78 is 6.22. The van der Waals surface area contributed by atoms with Crippen LogP contribution in [0.2, 0.25) is 0 Å². The van der Waals surface area contributed by atoms with Gasteiger partial charge in [0, 0.05) is 23.3 Å². The number of ether oxygens (including phenoxy) is 1. The minimum absolute atomic E-state index is 0. The van der Waals surface area contributed by atoms with Crippen molar-refractivity contribution < 1.29 is 38.2 Å². The van der Waals surface area contributed by atoms with Crippen LogP contribution in [0.5, 0.6) is 11.5 Å². The Labute approximate surface area is 206 Å². The van der Waals surface area contributed by atoms with Crippen molar-refractivity contribution in [3.05, 3.63) is 103 Å². The summed E-state index contributed by atoms with van der Waals surface area (Å²) in [5, 5.41) is 2.30. The number of aromatic nitrogens is 2. The molecule has 6 heteroatoms. The van der Waals surface area contributed by atoms with E-state index in [1.807, 2.05) is 73.1 Å². The van der Waals surface area contributed by atoms with E-state index in [1.54, 1.807) is 0 Å². The molecule has 0 N–H and O–H groups in total. The molecule has 0 bridgehead atoms. The second-order valence-electron chi connectivity index (χ2n) is 7.16. The summed E-state index contributed by atoms with van der Waals surface area (Å²) in [7, 11) is 0. The Morgan fingerprint density at radius 1 is 0.656 bits per heavy atom. The number of hydrogen-bond acceptors (Lipinski definition) is 4. The maximum absolute atomic E-state index is 6.22. The molecule has 0 unspecified atom stereocenters. The molecular weight excluding hydrogens is 601 g/mol. The summed E-state index contributed by atoms with van der Waals surface area (Å²) in [5.74, 6) is 2.45. The van der Waals surface area contributed by atoms with Crippen LogP contribution in [0.1, 0.15) is 0 Å². The molecule has 3 heterocycles. The van der Waals surface area contributed by atoms with Crippen LogP contribution in [0.3, 0.4) is 0 Å². The van der Waals surface area contributed by atoms with E-state index in [1.165, 1.54) is 5.39 Å². The van der Waals surface area contributed by atoms with E-state index in [0.717, 1.165) is 45.3 Å². The molecule has 6 rings (SSSR count). The number of benzene rings is 3. The van der Waals surface area contributed by atoms with Gasteiger partial charge >= 0.3 is 21.1 Å². The van der Waals surface area contributed by atoms with Crippen LogP contribution < -0.4 is 22.0 Å². The van der Waals surface area contributed by atoms with Gasteiger partial charge in [-0.15, -0.1) is 0 Å². The Morgan fingerprint density at radius 3 is 2.31 bits per heavy atom. The molecule has 0 spiro atoms. The van der Waals surface area contributed by atoms with Crippen LogP contribution >= 0.6 is 0 Å². The summed E-state index contributed by atoms with van der Waals surface area (Å²) in [6, 6.07) is 30.5. The van der Waals surface area contributed by atoms with Crippen molar-refractivity contribution in [2.75, 3.05) is 4.90 Å². The van der Waals surface area contributed by atoms with Gasteiger partial charge in [0.1, 0.15) is 5.82 Å². The SMILES string of the molecule is [Cl-].[Pt+2].c1ccc(N2c3ccccc3Oc3ccc(-c4nccc5ccccc45)cc32)nc1. The Bertz CT molecular complexity index is 1390. The maximum Gasteiger partial charge on any atom is 2.00 e. The monoisotopic (exact) mass is 617 g/mol. The Kier molecular flexibility index (Phi) is 6.27. The second kappa shape index (κ2) is 9.12. The van der Waals surface area contributed by atoms with Crippen LogP contribution in [0.4, 0.5) is 17.2 Å². The average Bonchev–Trinajstić information content (AvgIpc) is 2.82. The molecule has 0 aliphatic carbocycles. The summed E-state index contributed by atoms with van der Waals surface area (Å²) in [4.78, 5) is 11.4. The predicted molar refractivity (Wildman–Crippen MR) is 120 cm³/mol. The molecule has 0 atom stereocenters. The maximum atomic E-state index is 6.22. The standard InChI is InChI=1S/C26H17N3O.ClH.Pt/c1-2-8-20-18(7-1)14-16-28-26(20)19-12-13-24-22(17-19)29(25-11-5-6-15-27-25)21-9-3-4-10-23(21)30-24;;/h1-17H;1H;/q;;+2/p-1. The quantitative estimate of drug-likeness (QED) is 0.296. The normalized spacial score (nSPS) is 11.4. The molecule has 0 radical (unpaired) electrons. The number of halogens is 1. The zero-order valence-electron chi connectivity index (χ0n) is 16.8. The molecule has 0 saturated heterocycles. The fourth-order valence-corrected chi connectivity index (χ4v) is 3.98. The summed E-state index contributed by atoms with van der Waals surface area (Å²) in [6.07, 6.45) is 3.67. The van der Waals surface area contributed by atoms with Gasteiger partial charge in [-0.25, -0.2) is 4.98 Å². The van der Waals surface area contributed by atoms with Gasteiger partial charge in [-0.05, 0) is 53.9 Å². The zero-order valence-corrected chi connectivity index (χ0v) is 19.8. The van der Waals surface area contributed by atoms with Crippen LogP contribution in [0.15, 0.2) is 103 Å². The van der Waals surface area contributed by atoms with E-state index < -0.39 is 0 Å². The molecule has 1 aliphatic rings. The fourth-order valence-electron chi connectivity index (χ4n) is 3.98. The average molecular weight is 618 g/mol. The van der Waals surface area contributed by atoms with Gasteiger partial charge in [-0.1, -0.05) is 42.5 Å². The number of rotatable bonds is 2. The molecule has 2 aromatic heterocycles. The Hall–Kier alpha value is -3.20. The first-order valence-electron chi connectivity index (χ1n) is 9.85. The number of anilines is 3. The van der Waals surface area contributed by atoms with Gasteiger partial charge in [-0.3, -0.25) is 9.88 Å². The van der Waals surface area contributed by atoms with Gasteiger partial charge in [0.15, 0.2) is 11.5 Å². The van der Waals surface area contributed by atoms with Gasteiger partial charge in [-0.2, -0.15) is 0 Å². The van der Waals surface area contributed by atoms with E-state index in [9.17, 15) is 0 Å². The van der Waals surface area contributed by atoms with Gasteiger partial charge in [0.25, 0.3) is 0 Å². The van der Waals surface area contributed by atoms with Crippen molar-refractivity contribution in [2.24, 2.45) is 0 Å². The largest absolute Gasteiger partial charge is 2.00 e. The third-order valence-corrected chi connectivity index (χ3v) is 5.35. The van der Waals surface area contributed by atoms with Crippen molar-refractivity contribution in [3.8, 4) is 22.8 Å². The second-order valence-corrected chi connectivity index (χ2v) is 7.16. The van der Waals surface area contributed by atoms with Gasteiger partial charge in [0.2, 0.25) is 0 Å². The molecule has 32 heavy (non-hydrogen) atoms. The number of hydrogen-bond donors (Lipinski definition) is 0. The predicted octanol–water partition coefficient (Wildman–Crippen LogP) is 3.87. The van der Waals surface area contributed by atoms with Crippen LogP contribution in [-0.4, -0.2) is 9.97 Å². The summed E-state index contributed by atoms with van der Waals surface area (Å²) in [5.41, 5.74) is 3.90. The molecule has 0 saturated carbocycles. The first-order chi connectivity index (χ1) is 14.9. The van der Waals surface area contributed by atoms with Crippen molar-refractivity contribution >= 4 is 28.0 Å². The number of para-hydroxylation sites is 2. The third kappa shape index (κ3) is 3.66. The molecular formula is C26H17ClN3OPt+. The molecule has 4 nitrogen and oxygen atoms in total. The topological polar surface area (TPSA) is 38.2 Å². The van der Waals surface area contributed by atoms with E-state index in [-0.39, 0.29) is 33.5 Å². The van der Waals surface area contributed by atoms with E-state index in [4.69, 9.17) is 9.72 Å². The molecule has 3 aromatic carbocycles. The number of nitrogens with zero attached hydrogens (tertiary/aromatic N) is 3. The first-order valence-corrected chi connectivity index (χ1v) is 9.85. The summed E-state index contributed by atoms with van der Waals surface area (Å²) >= 11 is 0. The van der Waals surface area contributed by atoms with Crippen LogP contribution in [-0.2, 0) is 21.1 Å². The zero-order chi connectivity index (χ0) is 19.9. The Morgan fingerprint density at radius 2 is 1.44 bits per heavy atom. The van der Waals surface area contributed by atoms with Crippen molar-refractivity contribution in [1.82, 2.24) is 9.97 Å². The van der Waals surface area contributed by atoms with E-state index >= 15 is 0 Å². The molecule has 0 fully saturated rings. The van der Waals surface area contributed by atoms with Crippen LogP contribution in [0.25, 0.3) is 22.0 Å². The van der Waals surface area contributed by atoms with Gasteiger partial charge in [0.05, 0.1) is 17.1 Å². The van der Waals surface area contributed by atoms with Crippen molar-refractivity contribution in [1.29, 1.82) is 0 Å². The third-order valence-electron chi connectivity index (χ3n) is 5.35. The molecule has 5 aromatic rings. The van der Waals surface area contributed by atoms with E-state index in [2.05, 4.69) is 40.2 Å². The minimum atomic E-state index is 0. The van der Waals surface area contributed by atoms with Gasteiger partial charge < -0.3 is 17.1 Å².